The summed E-state index contributed by atoms with van der Waals surface area (Å²) in [6.45, 7) is 4.20. The summed E-state index contributed by atoms with van der Waals surface area (Å²) in [4.78, 5) is 3.42. The lowest BCUT2D eigenvalue weighted by atomic mass is 10.1. The highest BCUT2D eigenvalue weighted by Crippen LogP contribution is 2.34. The number of nitrogens with one attached hydrogen (secondary N) is 2. The average molecular weight is 258 g/mol. The first kappa shape index (κ1) is 12.1. The standard InChI is InChI=1S/C15H18N2O2/c1-10-12(9-16-2)7-13(17-10)11-3-4-14-15(8-11)19-6-5-18-14/h3-4,7-8,16-17H,5-6,9H2,1-2H3. The van der Waals surface area contributed by atoms with Gasteiger partial charge < -0.3 is 19.8 Å². The highest BCUT2D eigenvalue weighted by molar-refractivity contribution is 5.65. The van der Waals surface area contributed by atoms with Gasteiger partial charge in [-0.05, 0) is 43.8 Å². The van der Waals surface area contributed by atoms with Gasteiger partial charge in [-0.15, -0.1) is 0 Å². The molecule has 4 heteroatoms. The van der Waals surface area contributed by atoms with Gasteiger partial charge in [-0.3, -0.25) is 0 Å². The minimum Gasteiger partial charge on any atom is -0.486 e. The fourth-order valence-corrected chi connectivity index (χ4v) is 2.34. The van der Waals surface area contributed by atoms with E-state index in [1.165, 1.54) is 11.3 Å². The first-order chi connectivity index (χ1) is 9.28. The molecule has 2 aromatic rings. The van der Waals surface area contributed by atoms with Gasteiger partial charge in [0.25, 0.3) is 0 Å². The summed E-state index contributed by atoms with van der Waals surface area (Å²) < 4.78 is 11.2. The summed E-state index contributed by atoms with van der Waals surface area (Å²) >= 11 is 0. The molecule has 0 amide bonds. The van der Waals surface area contributed by atoms with Gasteiger partial charge in [0.2, 0.25) is 0 Å². The van der Waals surface area contributed by atoms with Crippen LogP contribution in [0.5, 0.6) is 11.5 Å². The molecule has 1 aliphatic rings. The van der Waals surface area contributed by atoms with Crippen LogP contribution in [0.25, 0.3) is 11.3 Å². The summed E-state index contributed by atoms with van der Waals surface area (Å²) in [6.07, 6.45) is 0. The van der Waals surface area contributed by atoms with Crippen LogP contribution in [0.15, 0.2) is 24.3 Å². The molecule has 1 aliphatic heterocycles. The zero-order valence-electron chi connectivity index (χ0n) is 11.2. The fourth-order valence-electron chi connectivity index (χ4n) is 2.34. The Balaban J connectivity index is 1.95. The van der Waals surface area contributed by atoms with Crippen LogP contribution < -0.4 is 14.8 Å². The van der Waals surface area contributed by atoms with Gasteiger partial charge in [0, 0.05) is 23.5 Å². The third kappa shape index (κ3) is 2.31. The number of ether oxygens (including phenoxy) is 2. The van der Waals surface area contributed by atoms with Gasteiger partial charge in [-0.1, -0.05) is 0 Å². The lowest BCUT2D eigenvalue weighted by molar-refractivity contribution is 0.171. The summed E-state index contributed by atoms with van der Waals surface area (Å²) in [5, 5.41) is 3.17. The molecule has 2 heterocycles. The number of hydrogen-bond acceptors (Lipinski definition) is 3. The van der Waals surface area contributed by atoms with Crippen LogP contribution in [-0.2, 0) is 6.54 Å². The second-order valence-corrected chi connectivity index (χ2v) is 4.72. The van der Waals surface area contributed by atoms with Crippen molar-refractivity contribution < 1.29 is 9.47 Å². The molecular weight excluding hydrogens is 240 g/mol. The van der Waals surface area contributed by atoms with Crippen molar-refractivity contribution in [2.45, 2.75) is 13.5 Å². The number of benzene rings is 1. The molecule has 0 atom stereocenters. The van der Waals surface area contributed by atoms with E-state index in [4.69, 9.17) is 9.47 Å². The Morgan fingerprint density at radius 3 is 2.74 bits per heavy atom. The minimum atomic E-state index is 0.616. The van der Waals surface area contributed by atoms with E-state index in [2.05, 4.69) is 29.4 Å². The molecule has 3 rings (SSSR count). The molecule has 1 aromatic heterocycles. The van der Waals surface area contributed by atoms with Crippen LogP contribution in [0.1, 0.15) is 11.3 Å². The van der Waals surface area contributed by atoms with Crippen molar-refractivity contribution in [1.29, 1.82) is 0 Å². The van der Waals surface area contributed by atoms with Crippen molar-refractivity contribution in [3.8, 4) is 22.8 Å². The van der Waals surface area contributed by atoms with Crippen molar-refractivity contribution in [2.75, 3.05) is 20.3 Å². The Morgan fingerprint density at radius 1 is 1.16 bits per heavy atom. The highest BCUT2D eigenvalue weighted by Gasteiger charge is 2.13. The molecule has 0 radical (unpaired) electrons. The predicted molar refractivity (Wildman–Crippen MR) is 74.7 cm³/mol. The Labute approximate surface area is 112 Å². The van der Waals surface area contributed by atoms with E-state index in [-0.39, 0.29) is 0 Å². The summed E-state index contributed by atoms with van der Waals surface area (Å²) in [6, 6.07) is 8.24. The molecule has 0 unspecified atom stereocenters. The number of fused-ring (bicyclic) bond motifs is 1. The number of aryl methyl sites for hydroxylation is 1. The maximum absolute atomic E-state index is 5.62. The van der Waals surface area contributed by atoms with Crippen molar-refractivity contribution in [1.82, 2.24) is 10.3 Å². The third-order valence-corrected chi connectivity index (χ3v) is 3.34. The Kier molecular flexibility index (Phi) is 3.17. The van der Waals surface area contributed by atoms with Gasteiger partial charge in [-0.2, -0.15) is 0 Å². The molecule has 0 saturated carbocycles. The van der Waals surface area contributed by atoms with Crippen LogP contribution in [0, 0.1) is 6.92 Å². The number of aromatic amines is 1. The van der Waals surface area contributed by atoms with Crippen LogP contribution >= 0.6 is 0 Å². The quantitative estimate of drug-likeness (QED) is 0.889. The van der Waals surface area contributed by atoms with E-state index in [1.807, 2.05) is 19.2 Å². The molecule has 0 spiro atoms. The molecule has 0 bridgehead atoms. The van der Waals surface area contributed by atoms with Gasteiger partial charge in [-0.25, -0.2) is 0 Å². The van der Waals surface area contributed by atoms with E-state index in [0.29, 0.717) is 13.2 Å². The van der Waals surface area contributed by atoms with E-state index in [9.17, 15) is 0 Å². The lowest BCUT2D eigenvalue weighted by Crippen LogP contribution is -2.15. The molecule has 0 saturated heterocycles. The monoisotopic (exact) mass is 258 g/mol. The van der Waals surface area contributed by atoms with Crippen LogP contribution in [0.3, 0.4) is 0 Å². The first-order valence-corrected chi connectivity index (χ1v) is 6.51. The Morgan fingerprint density at radius 2 is 1.95 bits per heavy atom. The third-order valence-electron chi connectivity index (χ3n) is 3.34. The summed E-state index contributed by atoms with van der Waals surface area (Å²) in [5.74, 6) is 1.65. The number of hydrogen-bond donors (Lipinski definition) is 2. The zero-order valence-corrected chi connectivity index (χ0v) is 11.2. The van der Waals surface area contributed by atoms with Crippen molar-refractivity contribution >= 4 is 0 Å². The maximum atomic E-state index is 5.62. The van der Waals surface area contributed by atoms with E-state index in [0.717, 1.165) is 29.3 Å². The molecule has 2 N–H and O–H groups in total. The Bertz CT molecular complexity index is 590. The normalized spacial score (nSPS) is 13.6. The van der Waals surface area contributed by atoms with Gasteiger partial charge in [0.15, 0.2) is 11.5 Å². The average Bonchev–Trinajstić information content (AvgIpc) is 2.80. The molecule has 19 heavy (non-hydrogen) atoms. The maximum Gasteiger partial charge on any atom is 0.162 e. The van der Waals surface area contributed by atoms with Gasteiger partial charge in [0.05, 0.1) is 0 Å². The zero-order chi connectivity index (χ0) is 13.2. The van der Waals surface area contributed by atoms with E-state index < -0.39 is 0 Å². The highest BCUT2D eigenvalue weighted by atomic mass is 16.6. The SMILES string of the molecule is CNCc1cc(-c2ccc3c(c2)OCCO3)[nH]c1C. The molecule has 1 aromatic carbocycles. The Hall–Kier alpha value is -1.94. The van der Waals surface area contributed by atoms with Crippen molar-refractivity contribution in [3.05, 3.63) is 35.5 Å². The second kappa shape index (κ2) is 4.97. The second-order valence-electron chi connectivity index (χ2n) is 4.72. The van der Waals surface area contributed by atoms with Gasteiger partial charge >= 0.3 is 0 Å². The number of aromatic nitrogens is 1. The molecule has 4 nitrogen and oxygen atoms in total. The molecule has 100 valence electrons. The lowest BCUT2D eigenvalue weighted by Gasteiger charge is -2.18. The number of rotatable bonds is 3. The van der Waals surface area contributed by atoms with E-state index in [1.54, 1.807) is 0 Å². The molecular formula is C15H18N2O2. The predicted octanol–water partition coefficient (Wildman–Crippen LogP) is 2.48. The van der Waals surface area contributed by atoms with Gasteiger partial charge in [0.1, 0.15) is 13.2 Å². The smallest absolute Gasteiger partial charge is 0.162 e. The largest absolute Gasteiger partial charge is 0.486 e. The summed E-state index contributed by atoms with van der Waals surface area (Å²) in [7, 11) is 1.95. The van der Waals surface area contributed by atoms with Crippen LogP contribution in [-0.4, -0.2) is 25.2 Å². The van der Waals surface area contributed by atoms with Crippen LogP contribution in [0.4, 0.5) is 0 Å². The topological polar surface area (TPSA) is 46.3 Å². The minimum absolute atomic E-state index is 0.616. The van der Waals surface area contributed by atoms with E-state index >= 15 is 0 Å². The van der Waals surface area contributed by atoms with Crippen molar-refractivity contribution in [2.24, 2.45) is 0 Å². The first-order valence-electron chi connectivity index (χ1n) is 6.51. The molecule has 0 aliphatic carbocycles. The van der Waals surface area contributed by atoms with Crippen LogP contribution in [0.2, 0.25) is 0 Å². The van der Waals surface area contributed by atoms with Crippen molar-refractivity contribution in [3.63, 3.8) is 0 Å². The summed E-state index contributed by atoms with van der Waals surface area (Å²) in [5.41, 5.74) is 4.71. The fraction of sp³-hybridized carbons (Fsp3) is 0.333. The molecule has 0 fully saturated rings. The number of H-pyrrole nitrogens is 1.